The SMILES string of the molecule is [2H]CCN(c1nc(Cl)ncc1[N+](=O)[O-])[C@@H](C)C(=O)OC. The number of methoxy groups -OCH3 is 1. The van der Waals surface area contributed by atoms with Gasteiger partial charge in [-0.3, -0.25) is 10.1 Å². The average molecular weight is 290 g/mol. The Morgan fingerprint density at radius 1 is 1.79 bits per heavy atom. The van der Waals surface area contributed by atoms with Gasteiger partial charge in [0.15, 0.2) is 0 Å². The Bertz CT molecular complexity index is 516. The zero-order valence-corrected chi connectivity index (χ0v) is 11.1. The van der Waals surface area contributed by atoms with Gasteiger partial charge in [0.05, 0.1) is 12.0 Å². The number of hydrogen-bond donors (Lipinski definition) is 0. The van der Waals surface area contributed by atoms with E-state index >= 15 is 0 Å². The molecular weight excluding hydrogens is 276 g/mol. The molecule has 0 spiro atoms. The summed E-state index contributed by atoms with van der Waals surface area (Å²) in [6.45, 7) is 1.48. The standard InChI is InChI=1S/C10H13ClN4O4/c1-4-14(6(2)9(16)19-3)8-7(15(17)18)5-12-10(11)13-8/h5-6H,4H2,1-3H3/t6-/m0/s1/i1D. The Labute approximate surface area is 115 Å². The summed E-state index contributed by atoms with van der Waals surface area (Å²) in [6.07, 6.45) is 0.964. The van der Waals surface area contributed by atoms with Crippen molar-refractivity contribution in [3.05, 3.63) is 21.6 Å². The highest BCUT2D eigenvalue weighted by Crippen LogP contribution is 2.27. The zero-order valence-electron chi connectivity index (χ0n) is 11.4. The van der Waals surface area contributed by atoms with E-state index in [0.29, 0.717) is 0 Å². The number of halogens is 1. The van der Waals surface area contributed by atoms with Crippen LogP contribution in [0, 0.1) is 10.1 Å². The number of aromatic nitrogens is 2. The molecule has 0 aliphatic heterocycles. The second-order valence-corrected chi connectivity index (χ2v) is 3.84. The molecule has 1 atom stereocenters. The van der Waals surface area contributed by atoms with Crippen LogP contribution >= 0.6 is 11.6 Å². The molecule has 1 heterocycles. The van der Waals surface area contributed by atoms with Crippen molar-refractivity contribution in [2.45, 2.75) is 19.9 Å². The lowest BCUT2D eigenvalue weighted by Crippen LogP contribution is -2.40. The van der Waals surface area contributed by atoms with Crippen LogP contribution in [0.25, 0.3) is 0 Å². The maximum atomic E-state index is 11.6. The predicted octanol–water partition coefficient (Wildman–Crippen LogP) is 1.43. The highest BCUT2D eigenvalue weighted by molar-refractivity contribution is 6.28. The van der Waals surface area contributed by atoms with Crippen molar-refractivity contribution in [1.29, 1.82) is 0 Å². The molecule has 104 valence electrons. The van der Waals surface area contributed by atoms with Crippen molar-refractivity contribution in [3.8, 4) is 0 Å². The molecule has 0 aliphatic rings. The van der Waals surface area contributed by atoms with E-state index < -0.39 is 22.6 Å². The van der Waals surface area contributed by atoms with Gasteiger partial charge in [0.1, 0.15) is 12.2 Å². The fourth-order valence-electron chi connectivity index (χ4n) is 1.47. The van der Waals surface area contributed by atoms with Crippen molar-refractivity contribution in [2.75, 3.05) is 18.6 Å². The molecular formula is C10H13ClN4O4. The first kappa shape index (κ1) is 13.5. The maximum absolute atomic E-state index is 11.6. The van der Waals surface area contributed by atoms with Crippen LogP contribution in [-0.2, 0) is 9.53 Å². The number of nitrogens with zero attached hydrogens (tertiary/aromatic N) is 4. The van der Waals surface area contributed by atoms with Crippen LogP contribution in [0.3, 0.4) is 0 Å². The Balaban J connectivity index is 3.30. The minimum Gasteiger partial charge on any atom is -0.467 e. The molecule has 0 saturated carbocycles. The lowest BCUT2D eigenvalue weighted by atomic mass is 10.2. The number of ether oxygens (including phenoxy) is 1. The van der Waals surface area contributed by atoms with Crippen LogP contribution in [-0.4, -0.2) is 40.6 Å². The second kappa shape index (κ2) is 6.28. The van der Waals surface area contributed by atoms with E-state index in [2.05, 4.69) is 14.7 Å². The molecule has 0 bridgehead atoms. The molecule has 0 unspecified atom stereocenters. The number of carbonyl (C=O) groups is 1. The van der Waals surface area contributed by atoms with Crippen molar-refractivity contribution in [2.24, 2.45) is 0 Å². The smallest absolute Gasteiger partial charge is 0.329 e. The average Bonchev–Trinajstić information content (AvgIpc) is 2.42. The summed E-state index contributed by atoms with van der Waals surface area (Å²) in [5, 5.41) is 10.8. The topological polar surface area (TPSA) is 98.5 Å². The molecule has 9 heteroatoms. The van der Waals surface area contributed by atoms with E-state index in [9.17, 15) is 14.9 Å². The van der Waals surface area contributed by atoms with Gasteiger partial charge >= 0.3 is 11.7 Å². The fourth-order valence-corrected chi connectivity index (χ4v) is 1.60. The summed E-state index contributed by atoms with van der Waals surface area (Å²) < 4.78 is 11.9. The van der Waals surface area contributed by atoms with E-state index in [0.717, 1.165) is 6.20 Å². The largest absolute Gasteiger partial charge is 0.467 e. The normalized spacial score (nSPS) is 12.5. The lowest BCUT2D eigenvalue weighted by molar-refractivity contribution is -0.384. The van der Waals surface area contributed by atoms with E-state index in [1.807, 2.05) is 0 Å². The number of anilines is 1. The molecule has 8 nitrogen and oxygen atoms in total. The number of nitro groups is 1. The first-order valence-electron chi connectivity index (χ1n) is 5.93. The highest BCUT2D eigenvalue weighted by atomic mass is 35.5. The molecule has 1 rings (SSSR count). The molecule has 1 aromatic rings. The molecule has 0 radical (unpaired) electrons. The molecule has 0 aliphatic carbocycles. The molecule has 0 N–H and O–H groups in total. The summed E-state index contributed by atoms with van der Waals surface area (Å²) in [4.78, 5) is 30.6. The Morgan fingerprint density at radius 3 is 3.00 bits per heavy atom. The number of likely N-dealkylation sites (N-methyl/N-ethyl adjacent to an activating group) is 1. The molecule has 19 heavy (non-hydrogen) atoms. The van der Waals surface area contributed by atoms with E-state index in [-0.39, 0.29) is 24.5 Å². The van der Waals surface area contributed by atoms with Crippen LogP contribution < -0.4 is 4.90 Å². The minimum absolute atomic E-state index is 0.0600. The van der Waals surface area contributed by atoms with Gasteiger partial charge in [-0.05, 0) is 25.4 Å². The molecule has 0 saturated heterocycles. The van der Waals surface area contributed by atoms with Crippen molar-refractivity contribution in [1.82, 2.24) is 9.97 Å². The molecule has 1 aromatic heterocycles. The molecule has 0 fully saturated rings. The van der Waals surface area contributed by atoms with E-state index in [1.54, 1.807) is 0 Å². The van der Waals surface area contributed by atoms with Crippen LogP contribution in [0.15, 0.2) is 6.20 Å². The fraction of sp³-hybridized carbons (Fsp3) is 0.500. The van der Waals surface area contributed by atoms with Gasteiger partial charge in [-0.25, -0.2) is 9.78 Å². The third-order valence-corrected chi connectivity index (χ3v) is 2.62. The molecule has 0 aromatic carbocycles. The van der Waals surface area contributed by atoms with Crippen molar-refractivity contribution < 1.29 is 15.8 Å². The Hall–Kier alpha value is -1.96. The van der Waals surface area contributed by atoms with E-state index in [1.165, 1.54) is 18.9 Å². The van der Waals surface area contributed by atoms with Crippen LogP contribution in [0.4, 0.5) is 11.5 Å². The summed E-state index contributed by atoms with van der Waals surface area (Å²) in [6, 6.07) is -0.838. The van der Waals surface area contributed by atoms with Crippen LogP contribution in [0.1, 0.15) is 15.2 Å². The zero-order chi connectivity index (χ0) is 15.3. The van der Waals surface area contributed by atoms with Gasteiger partial charge < -0.3 is 9.64 Å². The number of carbonyl (C=O) groups excluding carboxylic acids is 1. The van der Waals surface area contributed by atoms with Gasteiger partial charge in [-0.2, -0.15) is 4.98 Å². The second-order valence-electron chi connectivity index (χ2n) is 3.50. The molecule has 0 amide bonds. The summed E-state index contributed by atoms with van der Waals surface area (Å²) >= 11 is 5.65. The third kappa shape index (κ3) is 3.28. The summed E-state index contributed by atoms with van der Waals surface area (Å²) in [7, 11) is 1.21. The summed E-state index contributed by atoms with van der Waals surface area (Å²) in [5.41, 5.74) is -0.390. The quantitative estimate of drug-likeness (QED) is 0.350. The van der Waals surface area contributed by atoms with Crippen LogP contribution in [0.2, 0.25) is 5.28 Å². The highest BCUT2D eigenvalue weighted by Gasteiger charge is 2.29. The number of esters is 1. The monoisotopic (exact) mass is 289 g/mol. The first-order valence-corrected chi connectivity index (χ1v) is 5.60. The van der Waals surface area contributed by atoms with E-state index in [4.69, 9.17) is 13.0 Å². The first-order chi connectivity index (χ1) is 9.42. The Kier molecular flexibility index (Phi) is 4.45. The summed E-state index contributed by atoms with van der Waals surface area (Å²) in [5.74, 6) is -0.706. The van der Waals surface area contributed by atoms with Gasteiger partial charge in [-0.1, -0.05) is 0 Å². The van der Waals surface area contributed by atoms with Gasteiger partial charge in [0.25, 0.3) is 0 Å². The third-order valence-electron chi connectivity index (χ3n) is 2.44. The Morgan fingerprint density at radius 2 is 2.47 bits per heavy atom. The van der Waals surface area contributed by atoms with Crippen LogP contribution in [0.5, 0.6) is 0 Å². The number of rotatable bonds is 5. The van der Waals surface area contributed by atoms with Gasteiger partial charge in [-0.15, -0.1) is 0 Å². The lowest BCUT2D eigenvalue weighted by Gasteiger charge is -2.26. The van der Waals surface area contributed by atoms with Crippen molar-refractivity contribution in [3.63, 3.8) is 0 Å². The minimum atomic E-state index is -0.838. The number of hydrogen-bond acceptors (Lipinski definition) is 7. The van der Waals surface area contributed by atoms with Crippen molar-refractivity contribution >= 4 is 29.1 Å². The van der Waals surface area contributed by atoms with Gasteiger partial charge in [0, 0.05) is 7.92 Å². The maximum Gasteiger partial charge on any atom is 0.329 e. The predicted molar refractivity (Wildman–Crippen MR) is 68.2 cm³/mol. The van der Waals surface area contributed by atoms with Gasteiger partial charge in [0.2, 0.25) is 11.1 Å².